The van der Waals surface area contributed by atoms with Crippen LogP contribution in [-0.4, -0.2) is 29.5 Å². The average Bonchev–Trinajstić information content (AvgIpc) is 3.08. The first-order chi connectivity index (χ1) is 10.0. The fourth-order valence-electron chi connectivity index (χ4n) is 2.04. The second-order valence-electron chi connectivity index (χ2n) is 5.29. The van der Waals surface area contributed by atoms with E-state index in [0.717, 1.165) is 17.1 Å². The Morgan fingerprint density at radius 1 is 1.48 bits per heavy atom. The summed E-state index contributed by atoms with van der Waals surface area (Å²) in [6, 6.07) is 4.16. The van der Waals surface area contributed by atoms with Gasteiger partial charge in [-0.2, -0.15) is 0 Å². The monoisotopic (exact) mass is 323 g/mol. The molecule has 0 spiro atoms. The van der Waals surface area contributed by atoms with E-state index in [1.165, 1.54) is 4.88 Å². The summed E-state index contributed by atoms with van der Waals surface area (Å²) in [4.78, 5) is 19.5. The van der Waals surface area contributed by atoms with Crippen molar-refractivity contribution in [3.05, 3.63) is 38.5 Å². The third-order valence-corrected chi connectivity index (χ3v) is 4.86. The fraction of sp³-hybridized carbons (Fsp3) is 0.467. The van der Waals surface area contributed by atoms with Crippen LogP contribution in [0.2, 0.25) is 0 Å². The smallest absolute Gasteiger partial charge is 0.317 e. The van der Waals surface area contributed by atoms with E-state index < -0.39 is 0 Å². The Bertz CT molecular complexity index is 565. The zero-order valence-corrected chi connectivity index (χ0v) is 14.3. The first kappa shape index (κ1) is 16.0. The predicted octanol–water partition coefficient (Wildman–Crippen LogP) is 3.53. The predicted molar refractivity (Wildman–Crippen MR) is 88.9 cm³/mol. The van der Waals surface area contributed by atoms with Crippen molar-refractivity contribution >= 4 is 28.7 Å². The lowest BCUT2D eigenvalue weighted by Crippen LogP contribution is -2.39. The van der Waals surface area contributed by atoms with Gasteiger partial charge in [0.15, 0.2) is 0 Å². The molecule has 2 aromatic heterocycles. The Balaban J connectivity index is 1.73. The van der Waals surface area contributed by atoms with Gasteiger partial charge >= 0.3 is 6.03 Å². The molecular formula is C15H21N3OS2. The van der Waals surface area contributed by atoms with E-state index in [0.29, 0.717) is 19.0 Å². The molecule has 0 radical (unpaired) electrons. The average molecular weight is 323 g/mol. The minimum absolute atomic E-state index is 0.0429. The lowest BCUT2D eigenvalue weighted by atomic mass is 10.1. The summed E-state index contributed by atoms with van der Waals surface area (Å²) in [6.07, 6.45) is 1.01. The van der Waals surface area contributed by atoms with Crippen molar-refractivity contribution in [3.8, 4) is 0 Å². The van der Waals surface area contributed by atoms with Crippen LogP contribution in [0.3, 0.4) is 0 Å². The summed E-state index contributed by atoms with van der Waals surface area (Å²) >= 11 is 3.38. The van der Waals surface area contributed by atoms with Crippen LogP contribution in [0.4, 0.5) is 4.79 Å². The zero-order valence-electron chi connectivity index (χ0n) is 12.6. The van der Waals surface area contributed by atoms with Gasteiger partial charge in [0.2, 0.25) is 0 Å². The van der Waals surface area contributed by atoms with Crippen LogP contribution in [-0.2, 0) is 13.0 Å². The van der Waals surface area contributed by atoms with Gasteiger partial charge < -0.3 is 10.2 Å². The number of nitrogens with zero attached hydrogens (tertiary/aromatic N) is 2. The van der Waals surface area contributed by atoms with Crippen molar-refractivity contribution in [2.75, 3.05) is 13.6 Å². The number of nitrogens with one attached hydrogen (secondary N) is 1. The molecule has 114 valence electrons. The highest BCUT2D eigenvalue weighted by atomic mass is 32.1. The lowest BCUT2D eigenvalue weighted by molar-refractivity contribution is 0.204. The van der Waals surface area contributed by atoms with Gasteiger partial charge in [-0.3, -0.25) is 0 Å². The standard InChI is InChI=1S/C15H21N3OS2/c1-11(7-14-5-4-6-20-14)8-16-15(19)18(3)9-13-10-21-12(2)17-13/h4-6,10-11H,7-9H2,1-3H3,(H,16,19). The van der Waals surface area contributed by atoms with E-state index in [4.69, 9.17) is 0 Å². The number of carbonyl (C=O) groups excluding carboxylic acids is 1. The van der Waals surface area contributed by atoms with Crippen molar-refractivity contribution in [2.24, 2.45) is 5.92 Å². The fourth-order valence-corrected chi connectivity index (χ4v) is 3.51. The molecule has 1 unspecified atom stereocenters. The number of amides is 2. The molecule has 0 saturated carbocycles. The van der Waals surface area contributed by atoms with Crippen LogP contribution in [0.25, 0.3) is 0 Å². The van der Waals surface area contributed by atoms with Gasteiger partial charge in [-0.15, -0.1) is 22.7 Å². The van der Waals surface area contributed by atoms with E-state index >= 15 is 0 Å². The molecule has 1 N–H and O–H groups in total. The summed E-state index contributed by atoms with van der Waals surface area (Å²) in [5, 5.41) is 8.11. The van der Waals surface area contributed by atoms with Crippen LogP contribution < -0.4 is 5.32 Å². The van der Waals surface area contributed by atoms with E-state index in [2.05, 4.69) is 34.7 Å². The second-order valence-corrected chi connectivity index (χ2v) is 7.38. The van der Waals surface area contributed by atoms with Gasteiger partial charge in [-0.1, -0.05) is 13.0 Å². The Morgan fingerprint density at radius 3 is 2.90 bits per heavy atom. The molecule has 0 bridgehead atoms. The number of hydrogen-bond donors (Lipinski definition) is 1. The molecule has 6 heteroatoms. The number of carbonyl (C=O) groups is 1. The number of hydrogen-bond acceptors (Lipinski definition) is 4. The molecule has 0 aromatic carbocycles. The molecule has 0 fully saturated rings. The van der Waals surface area contributed by atoms with Crippen LogP contribution >= 0.6 is 22.7 Å². The summed E-state index contributed by atoms with van der Waals surface area (Å²) in [6.45, 7) is 5.37. The minimum atomic E-state index is -0.0429. The second kappa shape index (κ2) is 7.56. The van der Waals surface area contributed by atoms with Crippen molar-refractivity contribution in [2.45, 2.75) is 26.8 Å². The summed E-state index contributed by atoms with van der Waals surface area (Å²) in [5.41, 5.74) is 0.946. The zero-order chi connectivity index (χ0) is 15.2. The number of aryl methyl sites for hydroxylation is 1. The van der Waals surface area contributed by atoms with E-state index in [-0.39, 0.29) is 6.03 Å². The topological polar surface area (TPSA) is 45.2 Å². The maximum absolute atomic E-state index is 12.1. The van der Waals surface area contributed by atoms with Crippen LogP contribution in [0, 0.1) is 12.8 Å². The van der Waals surface area contributed by atoms with Crippen LogP contribution in [0.15, 0.2) is 22.9 Å². The van der Waals surface area contributed by atoms with E-state index in [1.807, 2.05) is 12.3 Å². The highest BCUT2D eigenvalue weighted by Gasteiger charge is 2.12. The third kappa shape index (κ3) is 5.13. The molecule has 0 aliphatic rings. The number of thiophene rings is 1. The molecule has 2 heterocycles. The molecule has 21 heavy (non-hydrogen) atoms. The SMILES string of the molecule is Cc1nc(CN(C)C(=O)NCC(C)Cc2cccs2)cs1. The maximum atomic E-state index is 12.1. The third-order valence-electron chi connectivity index (χ3n) is 3.14. The van der Waals surface area contributed by atoms with E-state index in [1.54, 1.807) is 34.6 Å². The normalized spacial score (nSPS) is 12.1. The van der Waals surface area contributed by atoms with E-state index in [9.17, 15) is 4.79 Å². The summed E-state index contributed by atoms with van der Waals surface area (Å²) in [7, 11) is 1.80. The summed E-state index contributed by atoms with van der Waals surface area (Å²) in [5.74, 6) is 0.433. The van der Waals surface area contributed by atoms with Gasteiger partial charge in [0.25, 0.3) is 0 Å². The van der Waals surface area contributed by atoms with Crippen molar-refractivity contribution < 1.29 is 4.79 Å². The molecule has 2 rings (SSSR count). The molecular weight excluding hydrogens is 302 g/mol. The number of thiazole rings is 1. The van der Waals surface area contributed by atoms with Gasteiger partial charge in [0, 0.05) is 23.8 Å². The lowest BCUT2D eigenvalue weighted by Gasteiger charge is -2.18. The Morgan fingerprint density at radius 2 is 2.29 bits per heavy atom. The first-order valence-electron chi connectivity index (χ1n) is 6.97. The molecule has 0 aliphatic heterocycles. The number of urea groups is 1. The quantitative estimate of drug-likeness (QED) is 0.884. The summed E-state index contributed by atoms with van der Waals surface area (Å²) < 4.78 is 0. The van der Waals surface area contributed by atoms with Gasteiger partial charge in [-0.25, -0.2) is 9.78 Å². The van der Waals surface area contributed by atoms with Gasteiger partial charge in [0.05, 0.1) is 17.2 Å². The van der Waals surface area contributed by atoms with Crippen molar-refractivity contribution in [1.82, 2.24) is 15.2 Å². The van der Waals surface area contributed by atoms with Crippen molar-refractivity contribution in [1.29, 1.82) is 0 Å². The molecule has 2 aromatic rings. The largest absolute Gasteiger partial charge is 0.338 e. The van der Waals surface area contributed by atoms with Gasteiger partial charge in [0.1, 0.15) is 0 Å². The van der Waals surface area contributed by atoms with Gasteiger partial charge in [-0.05, 0) is 30.7 Å². The Labute approximate surface area is 133 Å². The minimum Gasteiger partial charge on any atom is -0.338 e. The highest BCUT2D eigenvalue weighted by molar-refractivity contribution is 7.10. The first-order valence-corrected chi connectivity index (χ1v) is 8.73. The van der Waals surface area contributed by atoms with Crippen LogP contribution in [0.1, 0.15) is 22.5 Å². The van der Waals surface area contributed by atoms with Crippen LogP contribution in [0.5, 0.6) is 0 Å². The molecule has 0 saturated heterocycles. The highest BCUT2D eigenvalue weighted by Crippen LogP contribution is 2.14. The molecule has 2 amide bonds. The molecule has 1 atom stereocenters. The van der Waals surface area contributed by atoms with Crippen molar-refractivity contribution in [3.63, 3.8) is 0 Å². The number of aromatic nitrogens is 1. The molecule has 4 nitrogen and oxygen atoms in total. The maximum Gasteiger partial charge on any atom is 0.317 e. The molecule has 0 aliphatic carbocycles. The number of rotatable bonds is 6. The Kier molecular flexibility index (Phi) is 5.76. The Hall–Kier alpha value is -1.40.